The highest BCUT2D eigenvalue weighted by atomic mass is 32.1. The summed E-state index contributed by atoms with van der Waals surface area (Å²) in [4.78, 5) is 144. The number of aromatic hydroxyl groups is 2. The minimum Gasteiger partial charge on any atom is -0.508 e. The number of carbonyl (C=O) groups is 10. The van der Waals surface area contributed by atoms with Gasteiger partial charge in [-0.15, -0.1) is 11.3 Å². The zero-order valence-corrected chi connectivity index (χ0v) is 47.3. The Morgan fingerprint density at radius 3 is 2.19 bits per heavy atom. The zero-order valence-electron chi connectivity index (χ0n) is 45.6. The Bertz CT molecular complexity index is 2860. The third kappa shape index (κ3) is 20.2. The highest BCUT2D eigenvalue weighted by molar-refractivity contribution is 7.15. The third-order valence-corrected chi connectivity index (χ3v) is 15.2. The van der Waals surface area contributed by atoms with Crippen LogP contribution in [0.2, 0.25) is 0 Å². The number of fused-ring (bicyclic) bond motifs is 4. The first-order valence-electron chi connectivity index (χ1n) is 26.4. The molecule has 5 rings (SSSR count). The van der Waals surface area contributed by atoms with Crippen molar-refractivity contribution in [2.75, 3.05) is 30.3 Å². The molecule has 0 saturated carbocycles. The molecule has 3 heterocycles. The number of nitrogens with zero attached hydrogens (tertiary/aromatic N) is 2. The van der Waals surface area contributed by atoms with E-state index >= 15 is 0 Å². The van der Waals surface area contributed by atoms with Crippen LogP contribution in [0.5, 0.6) is 11.5 Å². The van der Waals surface area contributed by atoms with Crippen LogP contribution in [0.25, 0.3) is 0 Å². The van der Waals surface area contributed by atoms with Crippen LogP contribution < -0.4 is 42.5 Å². The van der Waals surface area contributed by atoms with Gasteiger partial charge in [0.15, 0.2) is 33.4 Å². The van der Waals surface area contributed by atoms with Crippen LogP contribution in [0.3, 0.4) is 0 Å². The van der Waals surface area contributed by atoms with Gasteiger partial charge >= 0.3 is 0 Å². The fourth-order valence-electron chi connectivity index (χ4n) is 8.33. The van der Waals surface area contributed by atoms with Crippen LogP contribution in [0.1, 0.15) is 107 Å². The molecule has 23 nitrogen and oxygen atoms in total. The third-order valence-electron chi connectivity index (χ3n) is 13.3. The Kier molecular flexibility index (Phi) is 24.2. The topological polar surface area (TPSA) is 353 Å². The molecule has 11 N–H and O–H groups in total. The molecule has 80 heavy (non-hydrogen) atoms. The Morgan fingerprint density at radius 2 is 1.48 bits per heavy atom. The molecule has 0 saturated heterocycles. The van der Waals surface area contributed by atoms with Gasteiger partial charge in [-0.25, -0.2) is 9.97 Å². The predicted octanol–water partition coefficient (Wildman–Crippen LogP) is 2.54. The van der Waals surface area contributed by atoms with E-state index in [0.717, 1.165) is 4.88 Å². The van der Waals surface area contributed by atoms with Crippen LogP contribution >= 0.6 is 22.7 Å². The van der Waals surface area contributed by atoms with Gasteiger partial charge in [-0.2, -0.15) is 0 Å². The summed E-state index contributed by atoms with van der Waals surface area (Å²) in [5, 5.41) is 53.1. The van der Waals surface area contributed by atoms with Crippen LogP contribution in [-0.4, -0.2) is 134 Å². The number of nitrogens with one attached hydrogen (secondary N) is 8. The van der Waals surface area contributed by atoms with Crippen LogP contribution in [0, 0.1) is 17.8 Å². The van der Waals surface area contributed by atoms with E-state index in [0.29, 0.717) is 51.3 Å². The van der Waals surface area contributed by atoms with E-state index in [2.05, 4.69) is 52.5 Å². The zero-order chi connectivity index (χ0) is 58.6. The molecule has 0 spiro atoms. The Hall–Kier alpha value is -7.64. The van der Waals surface area contributed by atoms with Crippen molar-refractivity contribution in [1.82, 2.24) is 41.9 Å². The molecule has 6 amide bonds. The molecule has 1 aliphatic heterocycles. The molecule has 2 aromatic carbocycles. The summed E-state index contributed by atoms with van der Waals surface area (Å²) in [5.74, 6) is -8.18. The number of aliphatic hydroxyl groups excluding tert-OH is 1. The number of amides is 6. The molecule has 1 aliphatic rings. The molecule has 0 fully saturated rings. The molecular weight excluding hydrogens is 1070 g/mol. The minimum absolute atomic E-state index is 0.0353. The lowest BCUT2D eigenvalue weighted by molar-refractivity contribution is -0.134. The van der Waals surface area contributed by atoms with Crippen LogP contribution in [-0.2, 0) is 73.8 Å². The fourth-order valence-corrected chi connectivity index (χ4v) is 9.86. The summed E-state index contributed by atoms with van der Waals surface area (Å²) in [7, 11) is 0. The number of aliphatic hydroxyl groups is 1. The quantitative estimate of drug-likeness (QED) is 0.0504. The van der Waals surface area contributed by atoms with Crippen molar-refractivity contribution in [3.63, 3.8) is 0 Å². The summed E-state index contributed by atoms with van der Waals surface area (Å²) < 4.78 is 0. The number of aromatic nitrogens is 2. The van der Waals surface area contributed by atoms with E-state index < -0.39 is 113 Å². The normalized spacial score (nSPS) is 18.9. The summed E-state index contributed by atoms with van der Waals surface area (Å²) >= 11 is 2.55. The van der Waals surface area contributed by atoms with Gasteiger partial charge in [0.2, 0.25) is 35.4 Å². The molecule has 8 atom stereocenters. The lowest BCUT2D eigenvalue weighted by atomic mass is 9.93. The Labute approximate surface area is 471 Å². The molecule has 2 aromatic heterocycles. The van der Waals surface area contributed by atoms with Gasteiger partial charge in [-0.1, -0.05) is 56.4 Å². The van der Waals surface area contributed by atoms with Crippen molar-refractivity contribution in [3.8, 4) is 11.5 Å². The highest BCUT2D eigenvalue weighted by Crippen LogP contribution is 2.27. The van der Waals surface area contributed by atoms with Gasteiger partial charge in [0.25, 0.3) is 0 Å². The molecule has 0 unspecified atom stereocenters. The summed E-state index contributed by atoms with van der Waals surface area (Å²) in [6.07, 6.45) is 2.12. The van der Waals surface area contributed by atoms with Gasteiger partial charge in [0.1, 0.15) is 17.5 Å². The number of carbonyl (C=O) groups excluding carboxylic acids is 10. The number of thiazole rings is 2. The second-order valence-corrected chi connectivity index (χ2v) is 22.4. The summed E-state index contributed by atoms with van der Waals surface area (Å²) in [6.45, 7) is 9.51. The molecule has 0 radical (unpaired) electrons. The molecule has 4 aromatic rings. The standard InChI is InChI=1S/C55H72N10O13S2/c1-29(50(75)56-16-7-17-57-54-59-26-40(28-66)80-54)18-45(70)32(4)62-51(76)31(3)20-47(72)42(22-35-8-11-38(67)12-9-35)64-48(73)15-14-44(69)41-23-36-10-13-43(68)37(21-36)24-39-25-58-55(79-39)60-27-49(74)61-34(6)53(78)63-33(5)46(71)19-30(2)52(77)65-41/h8-13,21,25-26,29-34,41-42,66-68H,7,14-20,22-24,27-28H2,1-6H3,(H,56,75)(H,57,59)(H,58,60)(H,61,74)(H,62,76)(H,63,78)(H,64,73)(H,65,77)/t29-,30-,31-,32+,33+,34+,41+,42+/m1/s1. The second kappa shape index (κ2) is 30.6. The van der Waals surface area contributed by atoms with E-state index in [1.54, 1.807) is 43.6 Å². The first kappa shape index (κ1) is 63.2. The second-order valence-electron chi connectivity index (χ2n) is 20.2. The van der Waals surface area contributed by atoms with E-state index in [4.69, 9.17) is 0 Å². The van der Waals surface area contributed by atoms with E-state index in [-0.39, 0.29) is 69.1 Å². The lowest BCUT2D eigenvalue weighted by Crippen LogP contribution is -2.51. The van der Waals surface area contributed by atoms with Crippen molar-refractivity contribution >= 4 is 91.5 Å². The van der Waals surface area contributed by atoms with Gasteiger partial charge in [0.05, 0.1) is 42.2 Å². The smallest absolute Gasteiger partial charge is 0.242 e. The number of rotatable bonds is 22. The largest absolute Gasteiger partial charge is 0.508 e. The molecule has 0 aliphatic carbocycles. The van der Waals surface area contributed by atoms with Gasteiger partial charge in [-0.05, 0) is 74.9 Å². The lowest BCUT2D eigenvalue weighted by Gasteiger charge is -2.23. The number of ketones is 4. The maximum absolute atomic E-state index is 14.2. The summed E-state index contributed by atoms with van der Waals surface area (Å²) in [6, 6.07) is 5.16. The van der Waals surface area contributed by atoms with Crippen molar-refractivity contribution in [2.24, 2.45) is 17.8 Å². The van der Waals surface area contributed by atoms with Crippen molar-refractivity contribution in [3.05, 3.63) is 81.3 Å². The van der Waals surface area contributed by atoms with Crippen molar-refractivity contribution in [2.45, 2.75) is 136 Å². The summed E-state index contributed by atoms with van der Waals surface area (Å²) in [5.41, 5.74) is 1.56. The Morgan fingerprint density at radius 1 is 0.762 bits per heavy atom. The average Bonchev–Trinajstić information content (AvgIpc) is 4.09. The molecule has 432 valence electrons. The SMILES string of the molecule is C[C@H](CC(=O)[C@H](C)NC(=O)[C@H](C)CC(=O)[C@H](Cc1ccc(O)cc1)NC(=O)CCC(=O)[C@@H]1Cc2ccc(O)c(c2)Cc2cnc(s2)NCC(=O)N[C@@H](C)C(=O)N[C@@H](C)C(=O)C[C@@H](C)C(=O)N1)C(=O)NCCCNc1ncc(CO)s1. The van der Waals surface area contributed by atoms with E-state index in [9.17, 15) is 63.3 Å². The van der Waals surface area contributed by atoms with Gasteiger partial charge in [-0.3, -0.25) is 47.9 Å². The number of benzene rings is 2. The average molecular weight is 1150 g/mol. The van der Waals surface area contributed by atoms with E-state index in [1.807, 2.05) is 0 Å². The number of phenols is 2. The number of phenolic OH excluding ortho intramolecular Hbond substituents is 2. The van der Waals surface area contributed by atoms with Gasteiger partial charge < -0.3 is 57.9 Å². The highest BCUT2D eigenvalue weighted by Gasteiger charge is 2.31. The maximum atomic E-state index is 14.2. The first-order valence-corrected chi connectivity index (χ1v) is 28.1. The maximum Gasteiger partial charge on any atom is 0.242 e. The predicted molar refractivity (Wildman–Crippen MR) is 298 cm³/mol. The number of hydrogen-bond acceptors (Lipinski definition) is 19. The monoisotopic (exact) mass is 1140 g/mol. The molecule has 4 bridgehead atoms. The first-order chi connectivity index (χ1) is 38.0. The van der Waals surface area contributed by atoms with E-state index in [1.165, 1.54) is 75.5 Å². The van der Waals surface area contributed by atoms with Gasteiger partial charge in [0, 0.05) is 86.6 Å². The number of hydrogen-bond donors (Lipinski definition) is 11. The van der Waals surface area contributed by atoms with Crippen LogP contribution in [0.15, 0.2) is 54.9 Å². The van der Waals surface area contributed by atoms with Crippen molar-refractivity contribution in [1.29, 1.82) is 0 Å². The molecular formula is C55H72N10O13S2. The fraction of sp³-hybridized carbons (Fsp3) is 0.491. The minimum atomic E-state index is -1.23. The number of Topliss-reactive ketones (excluding diaryl/α,β-unsaturated/α-hetero) is 4. The Balaban J connectivity index is 1.22. The number of anilines is 2. The van der Waals surface area contributed by atoms with Crippen LogP contribution in [0.4, 0.5) is 10.3 Å². The molecule has 25 heteroatoms. The van der Waals surface area contributed by atoms with Crippen molar-refractivity contribution < 1.29 is 63.3 Å².